The number of carbonyl (C=O) groups excluding carboxylic acids is 1. The van der Waals surface area contributed by atoms with Crippen molar-refractivity contribution in [3.63, 3.8) is 0 Å². The van der Waals surface area contributed by atoms with Crippen molar-refractivity contribution in [3.8, 4) is 23.3 Å². The predicted molar refractivity (Wildman–Crippen MR) is 74.3 cm³/mol. The number of rotatable bonds is 5. The summed E-state index contributed by atoms with van der Waals surface area (Å²) >= 11 is 6.03. The second-order valence-corrected chi connectivity index (χ2v) is 4.17. The van der Waals surface area contributed by atoms with E-state index < -0.39 is 0 Å². The summed E-state index contributed by atoms with van der Waals surface area (Å²) in [6, 6.07) is 8.08. The van der Waals surface area contributed by atoms with E-state index in [2.05, 4.69) is 4.98 Å². The molecule has 104 valence electrons. The fraction of sp³-hybridized carbons (Fsp3) is 0.143. The molecule has 0 aliphatic carbocycles. The summed E-state index contributed by atoms with van der Waals surface area (Å²) in [6.45, 7) is 0. The Kier molecular flexibility index (Phi) is 4.42. The van der Waals surface area contributed by atoms with E-state index in [-0.39, 0.29) is 11.6 Å². The second-order valence-electron chi connectivity index (χ2n) is 3.77. The van der Waals surface area contributed by atoms with E-state index >= 15 is 0 Å². The van der Waals surface area contributed by atoms with Crippen LogP contribution in [0.5, 0.6) is 23.3 Å². The van der Waals surface area contributed by atoms with Gasteiger partial charge in [0, 0.05) is 12.1 Å². The highest BCUT2D eigenvalue weighted by molar-refractivity contribution is 6.32. The first-order valence-corrected chi connectivity index (χ1v) is 6.07. The summed E-state index contributed by atoms with van der Waals surface area (Å²) in [5.74, 6) is 1.31. The molecule has 2 aromatic rings. The maximum atomic E-state index is 11.0. The molecule has 0 spiro atoms. The van der Waals surface area contributed by atoms with Crippen LogP contribution in [0.4, 0.5) is 0 Å². The number of benzene rings is 1. The van der Waals surface area contributed by atoms with E-state index in [1.54, 1.807) is 30.3 Å². The number of aromatic nitrogens is 1. The van der Waals surface area contributed by atoms with Crippen LogP contribution in [0, 0.1) is 0 Å². The Bertz CT molecular complexity index is 608. The molecule has 0 N–H and O–H groups in total. The number of ether oxygens (including phenoxy) is 3. The molecule has 2 rings (SSSR count). The third-order valence-corrected chi connectivity index (χ3v) is 2.83. The largest absolute Gasteiger partial charge is 0.496 e. The molecule has 0 saturated heterocycles. The van der Waals surface area contributed by atoms with Gasteiger partial charge >= 0.3 is 0 Å². The van der Waals surface area contributed by atoms with Crippen LogP contribution in [0.2, 0.25) is 5.02 Å². The molecular formula is C14H12ClNO4. The van der Waals surface area contributed by atoms with Gasteiger partial charge in [-0.25, -0.2) is 0 Å². The van der Waals surface area contributed by atoms with Crippen molar-refractivity contribution in [2.24, 2.45) is 0 Å². The third-order valence-electron chi connectivity index (χ3n) is 2.53. The van der Waals surface area contributed by atoms with Gasteiger partial charge in [0.2, 0.25) is 11.8 Å². The van der Waals surface area contributed by atoms with Crippen molar-refractivity contribution in [2.75, 3.05) is 14.2 Å². The van der Waals surface area contributed by atoms with Crippen LogP contribution in [0.1, 0.15) is 10.4 Å². The zero-order valence-corrected chi connectivity index (χ0v) is 11.7. The van der Waals surface area contributed by atoms with Gasteiger partial charge in [0.15, 0.2) is 12.0 Å². The molecule has 0 radical (unpaired) electrons. The van der Waals surface area contributed by atoms with E-state index in [1.807, 2.05) is 0 Å². The molecule has 0 unspecified atom stereocenters. The van der Waals surface area contributed by atoms with Crippen LogP contribution < -0.4 is 14.2 Å². The Balaban J connectivity index is 2.41. The van der Waals surface area contributed by atoms with Crippen molar-refractivity contribution in [3.05, 3.63) is 40.9 Å². The molecule has 20 heavy (non-hydrogen) atoms. The van der Waals surface area contributed by atoms with Gasteiger partial charge in [0.1, 0.15) is 5.75 Å². The van der Waals surface area contributed by atoms with Crippen LogP contribution >= 0.6 is 11.6 Å². The van der Waals surface area contributed by atoms with Crippen molar-refractivity contribution >= 4 is 17.9 Å². The number of nitrogens with zero attached hydrogens (tertiary/aromatic N) is 1. The molecule has 0 aliphatic rings. The first-order valence-electron chi connectivity index (χ1n) is 5.69. The van der Waals surface area contributed by atoms with Crippen LogP contribution in [0.15, 0.2) is 30.3 Å². The lowest BCUT2D eigenvalue weighted by Gasteiger charge is -2.11. The third kappa shape index (κ3) is 3.00. The van der Waals surface area contributed by atoms with E-state index in [1.165, 1.54) is 14.2 Å². The van der Waals surface area contributed by atoms with Crippen LogP contribution in [0.3, 0.4) is 0 Å². The Morgan fingerprint density at radius 3 is 2.55 bits per heavy atom. The number of hydrogen-bond acceptors (Lipinski definition) is 5. The average molecular weight is 294 g/mol. The first-order chi connectivity index (χ1) is 9.67. The number of halogens is 1. The molecule has 1 aromatic carbocycles. The fourth-order valence-electron chi connectivity index (χ4n) is 1.56. The van der Waals surface area contributed by atoms with Gasteiger partial charge in [-0.1, -0.05) is 17.7 Å². The normalized spacial score (nSPS) is 9.95. The van der Waals surface area contributed by atoms with Crippen molar-refractivity contribution in [1.82, 2.24) is 4.98 Å². The molecule has 0 fully saturated rings. The highest BCUT2D eigenvalue weighted by Crippen LogP contribution is 2.33. The van der Waals surface area contributed by atoms with E-state index in [9.17, 15) is 4.79 Å². The van der Waals surface area contributed by atoms with Crippen molar-refractivity contribution < 1.29 is 19.0 Å². The Labute approximate surface area is 121 Å². The Hall–Kier alpha value is -2.27. The fourth-order valence-corrected chi connectivity index (χ4v) is 1.78. The summed E-state index contributed by atoms with van der Waals surface area (Å²) in [4.78, 5) is 15.1. The summed E-state index contributed by atoms with van der Waals surface area (Å²) in [7, 11) is 3.00. The zero-order valence-electron chi connectivity index (χ0n) is 10.9. The Morgan fingerprint density at radius 2 is 1.90 bits per heavy atom. The van der Waals surface area contributed by atoms with Crippen LogP contribution in [0.25, 0.3) is 0 Å². The lowest BCUT2D eigenvalue weighted by atomic mass is 10.2. The van der Waals surface area contributed by atoms with Gasteiger partial charge in [-0.3, -0.25) is 4.79 Å². The molecule has 0 aliphatic heterocycles. The molecule has 1 heterocycles. The average Bonchev–Trinajstić information content (AvgIpc) is 2.48. The highest BCUT2D eigenvalue weighted by Gasteiger charge is 2.12. The van der Waals surface area contributed by atoms with Crippen LogP contribution in [-0.2, 0) is 0 Å². The molecule has 5 nitrogen and oxygen atoms in total. The predicted octanol–water partition coefficient (Wildman–Crippen LogP) is 3.36. The van der Waals surface area contributed by atoms with Crippen LogP contribution in [-0.4, -0.2) is 25.5 Å². The lowest BCUT2D eigenvalue weighted by Crippen LogP contribution is -1.96. The molecular weight excluding hydrogens is 282 g/mol. The monoisotopic (exact) mass is 293 g/mol. The molecule has 6 heteroatoms. The van der Waals surface area contributed by atoms with E-state index in [0.29, 0.717) is 28.5 Å². The first kappa shape index (κ1) is 14.1. The van der Waals surface area contributed by atoms with Gasteiger partial charge in [-0.05, 0) is 12.1 Å². The summed E-state index contributed by atoms with van der Waals surface area (Å²) in [6.07, 6.45) is 0.665. The number of aldehydes is 1. The second kappa shape index (κ2) is 6.25. The number of pyridine rings is 1. The van der Waals surface area contributed by atoms with Crippen molar-refractivity contribution in [1.29, 1.82) is 0 Å². The smallest absolute Gasteiger partial charge is 0.226 e. The number of hydrogen-bond donors (Lipinski definition) is 0. The molecule has 0 amide bonds. The minimum atomic E-state index is 0.220. The van der Waals surface area contributed by atoms with Crippen molar-refractivity contribution in [2.45, 2.75) is 0 Å². The molecule has 0 saturated carbocycles. The van der Waals surface area contributed by atoms with E-state index in [0.717, 1.165) is 0 Å². The maximum Gasteiger partial charge on any atom is 0.226 e. The maximum absolute atomic E-state index is 11.0. The minimum absolute atomic E-state index is 0.220. The summed E-state index contributed by atoms with van der Waals surface area (Å²) in [5.41, 5.74) is 0.334. The number of carbonyl (C=O) groups is 1. The van der Waals surface area contributed by atoms with Gasteiger partial charge in [-0.15, -0.1) is 0 Å². The quantitative estimate of drug-likeness (QED) is 0.791. The van der Waals surface area contributed by atoms with Gasteiger partial charge in [-0.2, -0.15) is 4.98 Å². The van der Waals surface area contributed by atoms with E-state index in [4.69, 9.17) is 25.8 Å². The standard InChI is InChI=1S/C14H12ClNO4/c1-18-10-6-12(19-2)16-13(7-10)20-14-9(8-17)4-3-5-11(14)15/h3-8H,1-2H3. The zero-order chi connectivity index (χ0) is 14.5. The molecule has 0 atom stereocenters. The minimum Gasteiger partial charge on any atom is -0.496 e. The topological polar surface area (TPSA) is 57.6 Å². The number of para-hydroxylation sites is 1. The summed E-state index contributed by atoms with van der Waals surface area (Å²) < 4.78 is 15.7. The summed E-state index contributed by atoms with van der Waals surface area (Å²) in [5, 5.41) is 0.318. The van der Waals surface area contributed by atoms with Gasteiger partial charge in [0.25, 0.3) is 0 Å². The SMILES string of the molecule is COc1cc(OC)nc(Oc2c(Cl)cccc2C=O)c1. The lowest BCUT2D eigenvalue weighted by molar-refractivity contribution is 0.112. The molecule has 0 bridgehead atoms. The molecule has 1 aromatic heterocycles. The van der Waals surface area contributed by atoms with Gasteiger partial charge < -0.3 is 14.2 Å². The van der Waals surface area contributed by atoms with Gasteiger partial charge in [0.05, 0.1) is 24.8 Å². The number of methoxy groups -OCH3 is 2. The highest BCUT2D eigenvalue weighted by atomic mass is 35.5. The Morgan fingerprint density at radius 1 is 1.15 bits per heavy atom.